The van der Waals surface area contributed by atoms with E-state index in [1.54, 1.807) is 33.8 Å². The highest BCUT2D eigenvalue weighted by molar-refractivity contribution is 5.92. The summed E-state index contributed by atoms with van der Waals surface area (Å²) >= 11 is 0. The smallest absolute Gasteiger partial charge is 0.408 e. The van der Waals surface area contributed by atoms with Gasteiger partial charge >= 0.3 is 12.1 Å². The molecule has 0 radical (unpaired) electrons. The Morgan fingerprint density at radius 3 is 2.35 bits per heavy atom. The Morgan fingerprint density at radius 2 is 1.79 bits per heavy atom. The predicted octanol–water partition coefficient (Wildman–Crippen LogP) is 1.76. The average Bonchev–Trinajstić information content (AvgIpc) is 2.73. The number of carbonyl (C=O) groups is 4. The largest absolute Gasteiger partial charge is 0.466 e. The molecule has 0 saturated carbocycles. The second-order valence-corrected chi connectivity index (χ2v) is 8.94. The molecule has 0 saturated heterocycles. The lowest BCUT2D eigenvalue weighted by molar-refractivity contribution is -0.144. The number of aliphatic hydroxyl groups is 1. The van der Waals surface area contributed by atoms with Gasteiger partial charge in [-0.1, -0.05) is 23.8 Å². The van der Waals surface area contributed by atoms with Gasteiger partial charge in [-0.3, -0.25) is 14.4 Å². The number of benzene rings is 1. The second kappa shape index (κ2) is 12.9. The van der Waals surface area contributed by atoms with Gasteiger partial charge in [0.2, 0.25) is 11.8 Å². The van der Waals surface area contributed by atoms with Crippen molar-refractivity contribution in [2.75, 3.05) is 26.8 Å². The average molecular weight is 480 g/mol. The zero-order valence-electron chi connectivity index (χ0n) is 21.1. The molecule has 0 aliphatic carbocycles. The number of amides is 3. The minimum atomic E-state index is -1.32. The van der Waals surface area contributed by atoms with Crippen LogP contribution in [0.3, 0.4) is 0 Å². The molecular weight excluding hydrogens is 442 g/mol. The number of aliphatic hydroxyl groups excluding tert-OH is 1. The Kier molecular flexibility index (Phi) is 11.0. The number of hydrogen-bond donors (Lipinski definition) is 3. The second-order valence-electron chi connectivity index (χ2n) is 8.94. The van der Waals surface area contributed by atoms with E-state index in [0.717, 1.165) is 11.1 Å². The van der Waals surface area contributed by atoms with Crippen LogP contribution in [-0.2, 0) is 23.9 Å². The van der Waals surface area contributed by atoms with Crippen molar-refractivity contribution in [2.24, 2.45) is 0 Å². The molecule has 2 unspecified atom stereocenters. The Bertz CT molecular complexity index is 880. The van der Waals surface area contributed by atoms with Gasteiger partial charge in [0, 0.05) is 13.6 Å². The lowest BCUT2D eigenvalue weighted by Crippen LogP contribution is -2.53. The van der Waals surface area contributed by atoms with Gasteiger partial charge < -0.3 is 30.1 Å². The summed E-state index contributed by atoms with van der Waals surface area (Å²) in [4.78, 5) is 51.3. The van der Waals surface area contributed by atoms with Crippen LogP contribution in [0.4, 0.5) is 4.79 Å². The Balaban J connectivity index is 3.15. The topological polar surface area (TPSA) is 134 Å². The molecule has 3 N–H and O–H groups in total. The molecule has 1 rings (SSSR count). The first-order valence-corrected chi connectivity index (χ1v) is 11.2. The highest BCUT2D eigenvalue weighted by atomic mass is 16.6. The molecule has 3 amide bonds. The molecule has 0 aliphatic heterocycles. The van der Waals surface area contributed by atoms with Crippen LogP contribution in [0.15, 0.2) is 18.2 Å². The van der Waals surface area contributed by atoms with Crippen LogP contribution in [0.2, 0.25) is 0 Å². The third kappa shape index (κ3) is 9.01. The number of carbonyl (C=O) groups excluding carboxylic acids is 4. The van der Waals surface area contributed by atoms with E-state index in [9.17, 15) is 24.3 Å². The minimum Gasteiger partial charge on any atom is -0.466 e. The van der Waals surface area contributed by atoms with Gasteiger partial charge in [0.1, 0.15) is 17.7 Å². The van der Waals surface area contributed by atoms with E-state index in [4.69, 9.17) is 9.47 Å². The normalized spacial score (nSPS) is 12.8. The molecule has 1 aromatic carbocycles. The molecule has 0 aliphatic rings. The number of nitrogens with zero attached hydrogens (tertiary/aromatic N) is 1. The fraction of sp³-hybridized carbons (Fsp3) is 0.583. The molecular formula is C24H37N3O7. The first kappa shape index (κ1) is 28.9. The van der Waals surface area contributed by atoms with Crippen LogP contribution in [0.25, 0.3) is 0 Å². The van der Waals surface area contributed by atoms with Crippen molar-refractivity contribution in [1.29, 1.82) is 0 Å². The number of alkyl carbamates (subject to hydrolysis) is 1. The number of aryl methyl sites for hydroxylation is 2. The van der Waals surface area contributed by atoms with Crippen LogP contribution in [-0.4, -0.2) is 72.3 Å². The maximum atomic E-state index is 13.2. The number of nitrogens with one attached hydrogen (secondary N) is 2. The molecule has 190 valence electrons. The number of rotatable bonds is 10. The number of hydrogen-bond acceptors (Lipinski definition) is 7. The highest BCUT2D eigenvalue weighted by Crippen LogP contribution is 2.25. The highest BCUT2D eigenvalue weighted by Gasteiger charge is 2.34. The molecule has 1 aromatic rings. The first-order valence-electron chi connectivity index (χ1n) is 11.2. The number of likely N-dealkylation sites (N-methyl/N-ethyl adjacent to an activating group) is 1. The third-order valence-corrected chi connectivity index (χ3v) is 4.82. The van der Waals surface area contributed by atoms with Gasteiger partial charge in [-0.05, 0) is 52.7 Å². The summed E-state index contributed by atoms with van der Waals surface area (Å²) in [6.07, 6.45) is -0.883. The minimum absolute atomic E-state index is 0.0176. The van der Waals surface area contributed by atoms with E-state index in [1.165, 1.54) is 11.9 Å². The van der Waals surface area contributed by atoms with E-state index in [-0.39, 0.29) is 19.6 Å². The van der Waals surface area contributed by atoms with Crippen LogP contribution < -0.4 is 10.6 Å². The summed E-state index contributed by atoms with van der Waals surface area (Å²) in [6, 6.07) is 3.13. The van der Waals surface area contributed by atoms with Crippen molar-refractivity contribution in [1.82, 2.24) is 15.5 Å². The van der Waals surface area contributed by atoms with Gasteiger partial charge in [-0.15, -0.1) is 0 Å². The SMILES string of the molecule is CCOC(=O)CCNC(=O)C(c1cc(C)ccc1C)N(C)C(=O)C(CO)NC(=O)OC(C)(C)C. The zero-order valence-corrected chi connectivity index (χ0v) is 21.1. The van der Waals surface area contributed by atoms with Crippen LogP contribution in [0, 0.1) is 13.8 Å². The summed E-state index contributed by atoms with van der Waals surface area (Å²) < 4.78 is 10.0. The molecule has 2 atom stereocenters. The lowest BCUT2D eigenvalue weighted by Gasteiger charge is -2.32. The van der Waals surface area contributed by atoms with Gasteiger partial charge in [0.05, 0.1) is 19.6 Å². The molecule has 0 spiro atoms. The molecule has 34 heavy (non-hydrogen) atoms. The van der Waals surface area contributed by atoms with Crippen LogP contribution >= 0.6 is 0 Å². The van der Waals surface area contributed by atoms with Crippen LogP contribution in [0.1, 0.15) is 56.8 Å². The summed E-state index contributed by atoms with van der Waals surface area (Å²) in [5.41, 5.74) is 1.45. The fourth-order valence-corrected chi connectivity index (χ4v) is 3.21. The maximum Gasteiger partial charge on any atom is 0.408 e. The van der Waals surface area contributed by atoms with Crippen molar-refractivity contribution in [3.8, 4) is 0 Å². The standard InChI is InChI=1S/C24H37N3O7/c1-8-33-19(29)11-12-25-21(30)20(17-13-15(2)9-10-16(17)3)27(7)22(31)18(14-28)26-23(32)34-24(4,5)6/h9-10,13,18,20,28H,8,11-12,14H2,1-7H3,(H,25,30)(H,26,32). The Labute approximate surface area is 201 Å². The maximum absolute atomic E-state index is 13.2. The summed E-state index contributed by atoms with van der Waals surface area (Å²) in [7, 11) is 1.42. The molecule has 0 bridgehead atoms. The zero-order chi connectivity index (χ0) is 26.1. The first-order chi connectivity index (χ1) is 15.8. The van der Waals surface area contributed by atoms with Gasteiger partial charge in [-0.25, -0.2) is 4.79 Å². The van der Waals surface area contributed by atoms with E-state index in [2.05, 4.69) is 10.6 Å². The Hall–Kier alpha value is -3.14. The van der Waals surface area contributed by atoms with Gasteiger partial charge in [-0.2, -0.15) is 0 Å². The Morgan fingerprint density at radius 1 is 1.15 bits per heavy atom. The van der Waals surface area contributed by atoms with Crippen molar-refractivity contribution in [3.05, 3.63) is 34.9 Å². The third-order valence-electron chi connectivity index (χ3n) is 4.82. The predicted molar refractivity (Wildman–Crippen MR) is 126 cm³/mol. The van der Waals surface area contributed by atoms with E-state index < -0.39 is 48.2 Å². The molecule has 0 aromatic heterocycles. The monoisotopic (exact) mass is 479 g/mol. The number of ether oxygens (including phenoxy) is 2. The quantitative estimate of drug-likeness (QED) is 0.435. The molecule has 10 nitrogen and oxygen atoms in total. The van der Waals surface area contributed by atoms with Crippen LogP contribution in [0.5, 0.6) is 0 Å². The summed E-state index contributed by atoms with van der Waals surface area (Å²) in [5, 5.41) is 14.8. The fourth-order valence-electron chi connectivity index (χ4n) is 3.21. The number of esters is 1. The van der Waals surface area contributed by atoms with Crippen molar-refractivity contribution in [3.63, 3.8) is 0 Å². The van der Waals surface area contributed by atoms with E-state index in [1.807, 2.05) is 26.0 Å². The van der Waals surface area contributed by atoms with Crippen molar-refractivity contribution < 1.29 is 33.8 Å². The van der Waals surface area contributed by atoms with Crippen molar-refractivity contribution >= 4 is 23.9 Å². The summed E-state index contributed by atoms with van der Waals surface area (Å²) in [5.74, 6) is -1.64. The molecule has 0 heterocycles. The molecule has 10 heteroatoms. The van der Waals surface area contributed by atoms with Gasteiger partial charge in [0.15, 0.2) is 0 Å². The van der Waals surface area contributed by atoms with E-state index in [0.29, 0.717) is 5.56 Å². The van der Waals surface area contributed by atoms with E-state index >= 15 is 0 Å². The molecule has 0 fully saturated rings. The van der Waals surface area contributed by atoms with Crippen molar-refractivity contribution in [2.45, 2.75) is 65.6 Å². The lowest BCUT2D eigenvalue weighted by atomic mass is 9.96. The van der Waals surface area contributed by atoms with Gasteiger partial charge in [0.25, 0.3) is 0 Å². The summed E-state index contributed by atoms with van der Waals surface area (Å²) in [6.45, 7) is 9.96.